The highest BCUT2D eigenvalue weighted by Gasteiger charge is 2.24. The van der Waals surface area contributed by atoms with E-state index in [1.807, 2.05) is 42.5 Å². The molecule has 1 aromatic carbocycles. The standard InChI is InChI=1S/C21H30N2O2/c1-4-11-18(17-12-8-7-9-13-17)21(24)22-16-19(23(5-2)6-3)20-14-10-15-25-20/h7-10,12-15,18-19H,4-6,11,16H2,1-3H3,(H,22,24). The van der Waals surface area contributed by atoms with Gasteiger partial charge < -0.3 is 9.73 Å². The number of nitrogens with one attached hydrogen (secondary N) is 1. The number of likely N-dealkylation sites (N-methyl/N-ethyl adjacent to an activating group) is 1. The Morgan fingerprint density at radius 3 is 2.36 bits per heavy atom. The van der Waals surface area contributed by atoms with Crippen LogP contribution in [0.3, 0.4) is 0 Å². The topological polar surface area (TPSA) is 45.5 Å². The molecular weight excluding hydrogens is 312 g/mol. The van der Waals surface area contributed by atoms with Gasteiger partial charge in [0, 0.05) is 6.54 Å². The molecule has 136 valence electrons. The maximum Gasteiger partial charge on any atom is 0.227 e. The molecule has 0 spiro atoms. The summed E-state index contributed by atoms with van der Waals surface area (Å²) in [5.74, 6) is 0.896. The summed E-state index contributed by atoms with van der Waals surface area (Å²) in [6.45, 7) is 8.76. The average molecular weight is 342 g/mol. The number of hydrogen-bond donors (Lipinski definition) is 1. The lowest BCUT2D eigenvalue weighted by Crippen LogP contribution is -2.39. The molecule has 0 saturated carbocycles. The average Bonchev–Trinajstić information content (AvgIpc) is 3.18. The minimum absolute atomic E-state index is 0.0620. The maximum atomic E-state index is 12.8. The summed E-state index contributed by atoms with van der Waals surface area (Å²) in [6.07, 6.45) is 3.52. The van der Waals surface area contributed by atoms with Crippen LogP contribution in [0.2, 0.25) is 0 Å². The van der Waals surface area contributed by atoms with Gasteiger partial charge in [-0.25, -0.2) is 0 Å². The van der Waals surface area contributed by atoms with Gasteiger partial charge >= 0.3 is 0 Å². The largest absolute Gasteiger partial charge is 0.468 e. The number of nitrogens with zero attached hydrogens (tertiary/aromatic N) is 1. The minimum Gasteiger partial charge on any atom is -0.468 e. The van der Waals surface area contributed by atoms with Crippen molar-refractivity contribution in [3.63, 3.8) is 0 Å². The van der Waals surface area contributed by atoms with Crippen LogP contribution in [0.4, 0.5) is 0 Å². The normalized spacial score (nSPS) is 13.6. The van der Waals surface area contributed by atoms with Crippen molar-refractivity contribution in [1.29, 1.82) is 0 Å². The summed E-state index contributed by atoms with van der Waals surface area (Å²) in [5, 5.41) is 3.16. The van der Waals surface area contributed by atoms with Crippen LogP contribution in [-0.2, 0) is 4.79 Å². The minimum atomic E-state index is -0.0971. The third-order valence-electron chi connectivity index (χ3n) is 4.69. The highest BCUT2D eigenvalue weighted by molar-refractivity contribution is 5.83. The van der Waals surface area contributed by atoms with Crippen LogP contribution >= 0.6 is 0 Å². The van der Waals surface area contributed by atoms with E-state index in [0.717, 1.165) is 37.3 Å². The predicted octanol–water partition coefficient (Wildman–Crippen LogP) is 4.36. The fourth-order valence-corrected chi connectivity index (χ4v) is 3.30. The highest BCUT2D eigenvalue weighted by Crippen LogP contribution is 2.23. The van der Waals surface area contributed by atoms with Crippen molar-refractivity contribution in [2.75, 3.05) is 19.6 Å². The molecule has 4 heteroatoms. The van der Waals surface area contributed by atoms with Crippen molar-refractivity contribution in [3.05, 3.63) is 60.1 Å². The SMILES string of the molecule is CCCC(C(=O)NCC(c1ccco1)N(CC)CC)c1ccccc1. The summed E-state index contributed by atoms with van der Waals surface area (Å²) < 4.78 is 5.61. The van der Waals surface area contributed by atoms with E-state index in [-0.39, 0.29) is 17.9 Å². The van der Waals surface area contributed by atoms with E-state index in [1.165, 1.54) is 0 Å². The monoisotopic (exact) mass is 342 g/mol. The first-order chi connectivity index (χ1) is 12.2. The zero-order chi connectivity index (χ0) is 18.1. The summed E-state index contributed by atoms with van der Waals surface area (Å²) in [6, 6.07) is 14.0. The number of carbonyl (C=O) groups is 1. The van der Waals surface area contributed by atoms with E-state index in [2.05, 4.69) is 31.0 Å². The smallest absolute Gasteiger partial charge is 0.227 e. The lowest BCUT2D eigenvalue weighted by atomic mass is 9.93. The molecule has 1 aromatic heterocycles. The van der Waals surface area contributed by atoms with Gasteiger partial charge in [0.1, 0.15) is 5.76 Å². The van der Waals surface area contributed by atoms with Gasteiger partial charge in [-0.2, -0.15) is 0 Å². The molecule has 1 amide bonds. The maximum absolute atomic E-state index is 12.8. The van der Waals surface area contributed by atoms with Crippen LogP contribution in [0, 0.1) is 0 Å². The van der Waals surface area contributed by atoms with E-state index in [4.69, 9.17) is 4.42 Å². The van der Waals surface area contributed by atoms with Crippen LogP contribution in [0.1, 0.15) is 56.9 Å². The second kappa shape index (κ2) is 10.0. The van der Waals surface area contributed by atoms with Crippen LogP contribution in [0.15, 0.2) is 53.1 Å². The first kappa shape index (κ1) is 19.3. The molecule has 0 radical (unpaired) electrons. The lowest BCUT2D eigenvalue weighted by molar-refractivity contribution is -0.123. The molecule has 2 atom stereocenters. The Bertz CT molecular complexity index is 606. The number of benzene rings is 1. The van der Waals surface area contributed by atoms with E-state index in [9.17, 15) is 4.79 Å². The summed E-state index contributed by atoms with van der Waals surface area (Å²) in [7, 11) is 0. The molecule has 25 heavy (non-hydrogen) atoms. The molecule has 2 unspecified atom stereocenters. The molecule has 0 saturated heterocycles. The number of furan rings is 1. The molecule has 0 aliphatic rings. The quantitative estimate of drug-likeness (QED) is 0.698. The Morgan fingerprint density at radius 1 is 1.08 bits per heavy atom. The van der Waals surface area contributed by atoms with Crippen LogP contribution in [-0.4, -0.2) is 30.4 Å². The van der Waals surface area contributed by atoms with Gasteiger partial charge in [-0.15, -0.1) is 0 Å². The lowest BCUT2D eigenvalue weighted by Gasteiger charge is -2.29. The van der Waals surface area contributed by atoms with Crippen LogP contribution in [0.5, 0.6) is 0 Å². The van der Waals surface area contributed by atoms with Gasteiger partial charge in [-0.05, 0) is 37.2 Å². The molecule has 4 nitrogen and oxygen atoms in total. The van der Waals surface area contributed by atoms with Gasteiger partial charge in [-0.3, -0.25) is 9.69 Å². The predicted molar refractivity (Wildman–Crippen MR) is 101 cm³/mol. The zero-order valence-electron chi connectivity index (χ0n) is 15.6. The molecular formula is C21H30N2O2. The molecule has 2 aromatic rings. The second-order valence-electron chi connectivity index (χ2n) is 6.25. The Kier molecular flexibility index (Phi) is 7.74. The number of amides is 1. The molecule has 0 aliphatic carbocycles. The Hall–Kier alpha value is -2.07. The van der Waals surface area contributed by atoms with Crippen LogP contribution < -0.4 is 5.32 Å². The molecule has 0 fully saturated rings. The van der Waals surface area contributed by atoms with Gasteiger partial charge in [0.2, 0.25) is 5.91 Å². The van der Waals surface area contributed by atoms with Gasteiger partial charge in [-0.1, -0.05) is 57.5 Å². The van der Waals surface area contributed by atoms with Gasteiger partial charge in [0.25, 0.3) is 0 Å². The second-order valence-corrected chi connectivity index (χ2v) is 6.25. The van der Waals surface area contributed by atoms with Crippen LogP contribution in [0.25, 0.3) is 0 Å². The molecule has 0 aliphatic heterocycles. The fourth-order valence-electron chi connectivity index (χ4n) is 3.30. The van der Waals surface area contributed by atoms with Crippen molar-refractivity contribution < 1.29 is 9.21 Å². The highest BCUT2D eigenvalue weighted by atomic mass is 16.3. The molecule has 2 rings (SSSR count). The van der Waals surface area contributed by atoms with Crippen molar-refractivity contribution in [2.24, 2.45) is 0 Å². The Balaban J connectivity index is 2.08. The Labute approximate surface area is 151 Å². The molecule has 1 heterocycles. The number of rotatable bonds is 10. The first-order valence-corrected chi connectivity index (χ1v) is 9.31. The summed E-state index contributed by atoms with van der Waals surface area (Å²) in [4.78, 5) is 15.1. The molecule has 0 bridgehead atoms. The van der Waals surface area contributed by atoms with E-state index < -0.39 is 0 Å². The number of hydrogen-bond acceptors (Lipinski definition) is 3. The first-order valence-electron chi connectivity index (χ1n) is 9.31. The third kappa shape index (κ3) is 5.20. The van der Waals surface area contributed by atoms with Crippen molar-refractivity contribution in [2.45, 2.75) is 45.6 Å². The van der Waals surface area contributed by atoms with E-state index in [1.54, 1.807) is 6.26 Å². The van der Waals surface area contributed by atoms with Crippen molar-refractivity contribution >= 4 is 5.91 Å². The van der Waals surface area contributed by atoms with Gasteiger partial charge in [0.15, 0.2) is 0 Å². The third-order valence-corrected chi connectivity index (χ3v) is 4.69. The van der Waals surface area contributed by atoms with Crippen molar-refractivity contribution in [3.8, 4) is 0 Å². The Morgan fingerprint density at radius 2 is 1.80 bits per heavy atom. The van der Waals surface area contributed by atoms with Gasteiger partial charge in [0.05, 0.1) is 18.2 Å². The summed E-state index contributed by atoms with van der Waals surface area (Å²) in [5.41, 5.74) is 1.08. The molecule has 1 N–H and O–H groups in total. The van der Waals surface area contributed by atoms with E-state index >= 15 is 0 Å². The zero-order valence-corrected chi connectivity index (χ0v) is 15.6. The van der Waals surface area contributed by atoms with Crippen molar-refractivity contribution in [1.82, 2.24) is 10.2 Å². The summed E-state index contributed by atoms with van der Waals surface area (Å²) >= 11 is 0. The number of carbonyl (C=O) groups excluding carboxylic acids is 1. The van der Waals surface area contributed by atoms with E-state index in [0.29, 0.717) is 6.54 Å². The fraction of sp³-hybridized carbons (Fsp3) is 0.476.